The normalized spacial score (nSPS) is 15.4. The predicted molar refractivity (Wildman–Crippen MR) is 137 cm³/mol. The Morgan fingerprint density at radius 1 is 1.19 bits per heavy atom. The summed E-state index contributed by atoms with van der Waals surface area (Å²) in [6.45, 7) is 3.12. The van der Waals surface area contributed by atoms with E-state index >= 15 is 0 Å². The summed E-state index contributed by atoms with van der Waals surface area (Å²) in [5, 5.41) is 13.9. The number of anilines is 1. The van der Waals surface area contributed by atoms with E-state index in [1.807, 2.05) is 30.3 Å². The zero-order valence-corrected chi connectivity index (χ0v) is 20.7. The molecule has 5 rings (SSSR count). The average Bonchev–Trinajstić information content (AvgIpc) is 3.55. The molecular weight excluding hydrogens is 480 g/mol. The van der Waals surface area contributed by atoms with Gasteiger partial charge >= 0.3 is 5.97 Å². The van der Waals surface area contributed by atoms with E-state index in [4.69, 9.17) is 20.9 Å². The summed E-state index contributed by atoms with van der Waals surface area (Å²) in [6.07, 6.45) is 2.93. The summed E-state index contributed by atoms with van der Waals surface area (Å²) in [4.78, 5) is 22.3. The Kier molecular flexibility index (Phi) is 6.71. The van der Waals surface area contributed by atoms with Crippen LogP contribution >= 0.6 is 11.6 Å². The molecule has 36 heavy (non-hydrogen) atoms. The number of rotatable bonds is 7. The molecule has 0 aliphatic carbocycles. The lowest BCUT2D eigenvalue weighted by Gasteiger charge is -2.23. The van der Waals surface area contributed by atoms with Crippen LogP contribution in [0.2, 0.25) is 5.02 Å². The maximum absolute atomic E-state index is 11.6. The quantitative estimate of drug-likeness (QED) is 0.345. The van der Waals surface area contributed by atoms with Crippen LogP contribution in [0.4, 0.5) is 5.82 Å². The van der Waals surface area contributed by atoms with Gasteiger partial charge in [-0.15, -0.1) is 0 Å². The van der Waals surface area contributed by atoms with Crippen molar-refractivity contribution in [1.82, 2.24) is 15.1 Å². The van der Waals surface area contributed by atoms with Crippen molar-refractivity contribution in [1.29, 1.82) is 0 Å². The molecule has 1 saturated heterocycles. The van der Waals surface area contributed by atoms with Crippen molar-refractivity contribution in [2.75, 3.05) is 18.6 Å². The van der Waals surface area contributed by atoms with Gasteiger partial charge in [0.25, 0.3) is 5.89 Å². The third-order valence-electron chi connectivity index (χ3n) is 6.40. The number of carboxylic acids is 1. The molecule has 184 valence electrons. The number of pyridine rings is 1. The van der Waals surface area contributed by atoms with Crippen molar-refractivity contribution >= 4 is 23.4 Å². The van der Waals surface area contributed by atoms with E-state index in [1.165, 1.54) is 5.56 Å². The summed E-state index contributed by atoms with van der Waals surface area (Å²) in [5.41, 5.74) is 5.78. The molecule has 1 N–H and O–H groups in total. The highest BCUT2D eigenvalue weighted by atomic mass is 35.5. The van der Waals surface area contributed by atoms with Gasteiger partial charge in [0.2, 0.25) is 5.82 Å². The Hall–Kier alpha value is -3.75. The average molecular weight is 505 g/mol. The monoisotopic (exact) mass is 504 g/mol. The molecule has 0 bridgehead atoms. The lowest BCUT2D eigenvalue weighted by Crippen LogP contribution is -2.36. The molecule has 0 spiro atoms. The number of hydrogen-bond acceptors (Lipinski definition) is 7. The molecule has 2 aromatic carbocycles. The number of halogens is 1. The molecule has 0 radical (unpaired) electrons. The second-order valence-electron chi connectivity index (χ2n) is 8.76. The van der Waals surface area contributed by atoms with Crippen LogP contribution in [0.25, 0.3) is 34.0 Å². The van der Waals surface area contributed by atoms with Gasteiger partial charge in [0, 0.05) is 31.0 Å². The van der Waals surface area contributed by atoms with E-state index in [-0.39, 0.29) is 0 Å². The molecule has 1 unspecified atom stereocenters. The van der Waals surface area contributed by atoms with Gasteiger partial charge in [-0.1, -0.05) is 47.1 Å². The molecule has 1 aliphatic rings. The molecule has 1 aliphatic heterocycles. The maximum atomic E-state index is 11.6. The summed E-state index contributed by atoms with van der Waals surface area (Å²) < 4.78 is 11.0. The molecule has 9 heteroatoms. The van der Waals surface area contributed by atoms with Crippen LogP contribution < -0.4 is 4.90 Å². The van der Waals surface area contributed by atoms with Gasteiger partial charge in [-0.05, 0) is 60.2 Å². The third-order valence-corrected chi connectivity index (χ3v) is 6.68. The second-order valence-corrected chi connectivity index (χ2v) is 9.17. The van der Waals surface area contributed by atoms with Crippen molar-refractivity contribution < 1.29 is 19.2 Å². The number of aryl methyl sites for hydroxylation is 1. The van der Waals surface area contributed by atoms with Gasteiger partial charge < -0.3 is 19.3 Å². The number of methoxy groups -OCH3 is 1. The molecule has 0 amide bonds. The van der Waals surface area contributed by atoms with Crippen LogP contribution in [0.3, 0.4) is 0 Å². The minimum Gasteiger partial charge on any atom is -0.480 e. The number of ether oxygens (including phenoxy) is 1. The molecule has 0 saturated carbocycles. The van der Waals surface area contributed by atoms with Gasteiger partial charge in [-0.2, -0.15) is 4.98 Å². The zero-order chi connectivity index (χ0) is 25.2. The molecule has 4 aromatic rings. The second kappa shape index (κ2) is 10.1. The van der Waals surface area contributed by atoms with Gasteiger partial charge in [-0.3, -0.25) is 0 Å². The van der Waals surface area contributed by atoms with E-state index in [0.717, 1.165) is 28.7 Å². The summed E-state index contributed by atoms with van der Waals surface area (Å²) in [6, 6.07) is 15.3. The van der Waals surface area contributed by atoms with Crippen LogP contribution in [0, 0.1) is 6.92 Å². The molecule has 8 nitrogen and oxygen atoms in total. The molecule has 1 fully saturated rings. The molecule has 1 atom stereocenters. The fourth-order valence-electron chi connectivity index (χ4n) is 4.64. The van der Waals surface area contributed by atoms with Crippen molar-refractivity contribution in [3.8, 4) is 34.0 Å². The topological polar surface area (TPSA) is 102 Å². The summed E-state index contributed by atoms with van der Waals surface area (Å²) in [5.74, 6) is 0.284. The highest BCUT2D eigenvalue weighted by Crippen LogP contribution is 2.34. The largest absolute Gasteiger partial charge is 0.480 e. The van der Waals surface area contributed by atoms with Crippen LogP contribution in [-0.4, -0.2) is 45.9 Å². The summed E-state index contributed by atoms with van der Waals surface area (Å²) >= 11 is 6.50. The van der Waals surface area contributed by atoms with E-state index in [2.05, 4.69) is 34.2 Å². The number of aliphatic carboxylic acids is 1. The van der Waals surface area contributed by atoms with Crippen LogP contribution in [0.15, 0.2) is 59.3 Å². The van der Waals surface area contributed by atoms with Gasteiger partial charge in [0.1, 0.15) is 11.9 Å². The standard InChI is InChI=1S/C27H25ClN4O4/c1-16-6-3-4-7-20(16)21-10-9-17(12-19(21)15-35-2)26-30-24(31-36-26)18-13-22(28)25(29-14-18)32-11-5-8-23(32)27(33)34/h3-4,6-7,9-10,12-14,23H,5,8,11,15H2,1-2H3,(H,33,34). The fourth-order valence-corrected chi connectivity index (χ4v) is 4.91. The number of hydrogen-bond donors (Lipinski definition) is 1. The van der Waals surface area contributed by atoms with E-state index in [1.54, 1.807) is 24.3 Å². The first-order valence-electron chi connectivity index (χ1n) is 11.6. The Morgan fingerprint density at radius 2 is 2.03 bits per heavy atom. The van der Waals surface area contributed by atoms with Crippen molar-refractivity contribution in [2.45, 2.75) is 32.4 Å². The highest BCUT2D eigenvalue weighted by molar-refractivity contribution is 6.33. The Morgan fingerprint density at radius 3 is 2.78 bits per heavy atom. The van der Waals surface area contributed by atoms with Gasteiger partial charge in [0.15, 0.2) is 0 Å². The Bertz CT molecular complexity index is 1420. The fraction of sp³-hybridized carbons (Fsp3) is 0.259. The molecular formula is C27H25ClN4O4. The van der Waals surface area contributed by atoms with Crippen molar-refractivity contribution in [2.24, 2.45) is 0 Å². The molecule has 2 aromatic heterocycles. The maximum Gasteiger partial charge on any atom is 0.326 e. The van der Waals surface area contributed by atoms with Gasteiger partial charge in [-0.25, -0.2) is 9.78 Å². The minimum absolute atomic E-state index is 0.344. The van der Waals surface area contributed by atoms with Crippen molar-refractivity contribution in [3.63, 3.8) is 0 Å². The zero-order valence-electron chi connectivity index (χ0n) is 19.9. The molecule has 3 heterocycles. The number of carbonyl (C=O) groups is 1. The summed E-state index contributed by atoms with van der Waals surface area (Å²) in [7, 11) is 1.67. The first kappa shape index (κ1) is 24.0. The predicted octanol–water partition coefficient (Wildman–Crippen LogP) is 5.63. The van der Waals surface area contributed by atoms with Gasteiger partial charge in [0.05, 0.1) is 11.6 Å². The van der Waals surface area contributed by atoms with E-state index < -0.39 is 12.0 Å². The number of aromatic nitrogens is 3. The number of benzene rings is 2. The Labute approximate surface area is 213 Å². The van der Waals surface area contributed by atoms with Crippen molar-refractivity contribution in [3.05, 3.63) is 70.9 Å². The number of carboxylic acid groups (broad SMARTS) is 1. The van der Waals surface area contributed by atoms with Crippen LogP contribution in [0.5, 0.6) is 0 Å². The third kappa shape index (κ3) is 4.57. The highest BCUT2D eigenvalue weighted by Gasteiger charge is 2.32. The van der Waals surface area contributed by atoms with E-state index in [0.29, 0.717) is 47.7 Å². The van der Waals surface area contributed by atoms with E-state index in [9.17, 15) is 9.90 Å². The minimum atomic E-state index is -0.876. The number of nitrogens with zero attached hydrogens (tertiary/aromatic N) is 4. The SMILES string of the molecule is COCc1cc(-c2nc(-c3cnc(N4CCCC4C(=O)O)c(Cl)c3)no2)ccc1-c1ccccc1C. The van der Waals surface area contributed by atoms with Crippen LogP contribution in [-0.2, 0) is 16.1 Å². The first-order chi connectivity index (χ1) is 17.5. The smallest absolute Gasteiger partial charge is 0.326 e. The lowest BCUT2D eigenvalue weighted by molar-refractivity contribution is -0.138. The lowest BCUT2D eigenvalue weighted by atomic mass is 9.94. The Balaban J connectivity index is 1.44. The van der Waals surface area contributed by atoms with Crippen LogP contribution in [0.1, 0.15) is 24.0 Å². The first-order valence-corrected chi connectivity index (χ1v) is 12.0.